The van der Waals surface area contributed by atoms with E-state index in [1.54, 1.807) is 7.11 Å². The van der Waals surface area contributed by atoms with Gasteiger partial charge >= 0.3 is 0 Å². The molecule has 0 bridgehead atoms. The highest BCUT2D eigenvalue weighted by Gasteiger charge is 2.59. The van der Waals surface area contributed by atoms with E-state index in [0.717, 1.165) is 16.5 Å². The van der Waals surface area contributed by atoms with Gasteiger partial charge < -0.3 is 28.3 Å². The Bertz CT molecular complexity index is 1220. The van der Waals surface area contributed by atoms with Gasteiger partial charge in [-0.2, -0.15) is 0 Å². The average Bonchev–Trinajstić information content (AvgIpc) is 3.44. The van der Waals surface area contributed by atoms with E-state index in [-0.39, 0.29) is 24.4 Å². The largest absolute Gasteiger partial charge is 0.374 e. The van der Waals surface area contributed by atoms with Crippen LogP contribution in [0, 0.1) is 0 Å². The maximum atomic E-state index is 6.62. The van der Waals surface area contributed by atoms with Gasteiger partial charge in [0.2, 0.25) is 0 Å². The third-order valence-corrected chi connectivity index (χ3v) is 7.05. The predicted octanol–water partition coefficient (Wildman–Crippen LogP) is 4.61. The number of benzene rings is 1. The monoisotopic (exact) mass is 491 g/mol. The first kappa shape index (κ1) is 21.7. The van der Waals surface area contributed by atoms with Crippen LogP contribution in [0.2, 0.25) is 10.2 Å². The predicted molar refractivity (Wildman–Crippen MR) is 120 cm³/mol. The number of methoxy groups -OCH3 is 1. The Morgan fingerprint density at radius 3 is 2.70 bits per heavy atom. The summed E-state index contributed by atoms with van der Waals surface area (Å²) in [7, 11) is 1.66. The highest BCUT2D eigenvalue weighted by atomic mass is 35.5. The van der Waals surface area contributed by atoms with Gasteiger partial charge in [0.05, 0.1) is 12.0 Å². The molecule has 0 N–H and O–H groups in total. The lowest BCUT2D eigenvalue weighted by Crippen LogP contribution is -2.38. The highest BCUT2D eigenvalue weighted by Crippen LogP contribution is 2.50. The lowest BCUT2D eigenvalue weighted by molar-refractivity contribution is -0.215. The van der Waals surface area contributed by atoms with Gasteiger partial charge in [-0.25, -0.2) is 9.97 Å². The minimum atomic E-state index is -0.766. The van der Waals surface area contributed by atoms with Crippen LogP contribution >= 0.6 is 23.2 Å². The fourth-order valence-electron chi connectivity index (χ4n) is 5.14. The number of ether oxygens (including phenoxy) is 5. The molecule has 0 unspecified atom stereocenters. The van der Waals surface area contributed by atoms with Gasteiger partial charge in [0.15, 0.2) is 12.0 Å². The molecule has 6 atom stereocenters. The summed E-state index contributed by atoms with van der Waals surface area (Å²) in [6, 6.07) is 7.63. The zero-order valence-electron chi connectivity index (χ0n) is 18.3. The Hall–Kier alpha value is -1.78. The first-order valence-electron chi connectivity index (χ1n) is 10.8. The molecule has 6 rings (SSSR count). The molecule has 0 amide bonds. The van der Waals surface area contributed by atoms with Crippen LogP contribution in [0.5, 0.6) is 0 Å². The van der Waals surface area contributed by atoms with E-state index in [1.807, 2.05) is 48.9 Å². The van der Waals surface area contributed by atoms with E-state index in [4.69, 9.17) is 46.9 Å². The molecule has 0 aliphatic carbocycles. The Kier molecular flexibility index (Phi) is 5.19. The lowest BCUT2D eigenvalue weighted by Gasteiger charge is -2.36. The number of aromatic nitrogens is 3. The van der Waals surface area contributed by atoms with Gasteiger partial charge in [-0.3, -0.25) is 0 Å². The fourth-order valence-corrected chi connectivity index (χ4v) is 5.51. The average molecular weight is 492 g/mol. The molecule has 0 saturated carbocycles. The summed E-state index contributed by atoms with van der Waals surface area (Å²) >= 11 is 12.6. The molecule has 3 aromatic rings. The fraction of sp³-hybridized carbons (Fsp3) is 0.478. The van der Waals surface area contributed by atoms with Crippen molar-refractivity contribution in [3.63, 3.8) is 0 Å². The molecule has 0 spiro atoms. The quantitative estimate of drug-likeness (QED) is 0.494. The van der Waals surface area contributed by atoms with Crippen molar-refractivity contribution in [3.8, 4) is 0 Å². The van der Waals surface area contributed by atoms with Crippen molar-refractivity contribution in [1.82, 2.24) is 14.5 Å². The zero-order chi connectivity index (χ0) is 22.9. The zero-order valence-corrected chi connectivity index (χ0v) is 19.8. The molecular weight excluding hydrogens is 469 g/mol. The van der Waals surface area contributed by atoms with E-state index in [9.17, 15) is 0 Å². The number of fused-ring (bicyclic) bond motifs is 3. The van der Waals surface area contributed by atoms with Crippen LogP contribution in [0.15, 0.2) is 36.8 Å². The van der Waals surface area contributed by atoms with Crippen molar-refractivity contribution in [2.24, 2.45) is 0 Å². The molecule has 3 aliphatic heterocycles. The van der Waals surface area contributed by atoms with E-state index >= 15 is 0 Å². The van der Waals surface area contributed by atoms with Gasteiger partial charge in [-0.1, -0.05) is 29.3 Å². The summed E-state index contributed by atoms with van der Waals surface area (Å²) in [6.07, 6.45) is 1.13. The highest BCUT2D eigenvalue weighted by molar-refractivity contribution is 6.33. The number of rotatable bonds is 3. The van der Waals surface area contributed by atoms with Crippen LogP contribution in [0.4, 0.5) is 0 Å². The molecule has 2 aromatic heterocycles. The number of halogens is 2. The summed E-state index contributed by atoms with van der Waals surface area (Å²) in [4.78, 5) is 8.50. The van der Waals surface area contributed by atoms with E-state index in [0.29, 0.717) is 22.4 Å². The van der Waals surface area contributed by atoms with Gasteiger partial charge in [0.1, 0.15) is 47.6 Å². The van der Waals surface area contributed by atoms with Crippen molar-refractivity contribution in [3.05, 3.63) is 58.1 Å². The minimum absolute atomic E-state index is 0.202. The minimum Gasteiger partial charge on any atom is -0.374 e. The molecule has 174 valence electrons. The van der Waals surface area contributed by atoms with E-state index in [2.05, 4.69) is 9.97 Å². The van der Waals surface area contributed by atoms with Crippen molar-refractivity contribution in [2.75, 3.05) is 13.7 Å². The molecule has 1 aromatic carbocycles. The van der Waals surface area contributed by atoms with Gasteiger partial charge in [-0.15, -0.1) is 0 Å². The maximum Gasteiger partial charge on any atom is 0.164 e. The van der Waals surface area contributed by atoms with Gasteiger partial charge in [0, 0.05) is 18.3 Å². The second-order valence-corrected chi connectivity index (χ2v) is 9.73. The summed E-state index contributed by atoms with van der Waals surface area (Å²) in [5.41, 5.74) is 2.63. The van der Waals surface area contributed by atoms with E-state index in [1.165, 1.54) is 6.33 Å². The third-order valence-electron chi connectivity index (χ3n) is 6.51. The number of hydrogen-bond donors (Lipinski definition) is 0. The smallest absolute Gasteiger partial charge is 0.164 e. The Labute approximate surface area is 200 Å². The van der Waals surface area contributed by atoms with Crippen LogP contribution in [-0.4, -0.2) is 52.4 Å². The van der Waals surface area contributed by atoms with Crippen molar-refractivity contribution in [2.45, 2.75) is 56.4 Å². The molecule has 5 heterocycles. The van der Waals surface area contributed by atoms with Gasteiger partial charge in [0.25, 0.3) is 0 Å². The Balaban J connectivity index is 1.42. The molecule has 10 heteroatoms. The van der Waals surface area contributed by atoms with E-state index < -0.39 is 18.1 Å². The summed E-state index contributed by atoms with van der Waals surface area (Å²) in [6.45, 7) is 4.20. The van der Waals surface area contributed by atoms with Crippen LogP contribution < -0.4 is 0 Å². The summed E-state index contributed by atoms with van der Waals surface area (Å²) in [5.74, 6) is -0.766. The topological polar surface area (TPSA) is 76.9 Å². The first-order valence-corrected chi connectivity index (χ1v) is 11.5. The van der Waals surface area contributed by atoms with Crippen LogP contribution in [0.3, 0.4) is 0 Å². The van der Waals surface area contributed by atoms with Crippen molar-refractivity contribution in [1.29, 1.82) is 0 Å². The second kappa shape index (κ2) is 7.88. The molecule has 33 heavy (non-hydrogen) atoms. The molecular formula is C23H23Cl2N3O5. The SMILES string of the molecule is CO[C@@H]1CO[C@@H]([C@H]2O[C@@H](n3ccc4c(Cl)ncnc43)[C@@H]3OC(C)(C)O[C@@H]32)c2ccc(Cl)cc21. The maximum absolute atomic E-state index is 6.62. The summed E-state index contributed by atoms with van der Waals surface area (Å²) in [5, 5.41) is 1.79. The Morgan fingerprint density at radius 2 is 1.88 bits per heavy atom. The number of nitrogens with zero attached hydrogens (tertiary/aromatic N) is 3. The van der Waals surface area contributed by atoms with Crippen molar-refractivity contribution < 1.29 is 23.7 Å². The Morgan fingerprint density at radius 1 is 1.06 bits per heavy atom. The van der Waals surface area contributed by atoms with Crippen LogP contribution in [-0.2, 0) is 23.7 Å². The molecule has 3 aliphatic rings. The normalized spacial score (nSPS) is 32.8. The molecule has 0 radical (unpaired) electrons. The molecule has 2 fully saturated rings. The van der Waals surface area contributed by atoms with Gasteiger partial charge in [-0.05, 0) is 43.2 Å². The standard InChI is InChI=1S/C23H23Cl2N3O5/c1-23(2)32-18-17(16-12-5-4-11(24)8-14(12)15(29-3)9-30-16)31-22(19(18)33-23)28-7-6-13-20(25)26-10-27-21(13)28/h4-8,10,15-19,22H,9H2,1-3H3/t15-,16-,17-,18-,19-,22-/m1/s1. The molecule has 2 saturated heterocycles. The first-order chi connectivity index (χ1) is 15.9. The molecule has 8 nitrogen and oxygen atoms in total. The second-order valence-electron chi connectivity index (χ2n) is 8.93. The third kappa shape index (κ3) is 3.47. The lowest BCUT2D eigenvalue weighted by atomic mass is 9.90. The summed E-state index contributed by atoms with van der Waals surface area (Å²) < 4.78 is 33.1. The van der Waals surface area contributed by atoms with Crippen LogP contribution in [0.25, 0.3) is 11.0 Å². The van der Waals surface area contributed by atoms with Crippen molar-refractivity contribution >= 4 is 34.2 Å². The van der Waals surface area contributed by atoms with Crippen LogP contribution in [0.1, 0.15) is 43.4 Å². The number of hydrogen-bond acceptors (Lipinski definition) is 7.